The van der Waals surface area contributed by atoms with E-state index >= 15 is 0 Å². The Balaban J connectivity index is 1.55. The molecule has 0 amide bonds. The molecule has 1 heterocycles. The molecule has 1 unspecified atom stereocenters. The van der Waals surface area contributed by atoms with E-state index in [9.17, 15) is 0 Å². The highest BCUT2D eigenvalue weighted by Crippen LogP contribution is 2.43. The van der Waals surface area contributed by atoms with Crippen LogP contribution in [0.4, 0.5) is 5.69 Å². The zero-order valence-corrected chi connectivity index (χ0v) is 12.6. The molecule has 2 aliphatic rings. The van der Waals surface area contributed by atoms with Gasteiger partial charge in [0.05, 0.1) is 18.8 Å². The van der Waals surface area contributed by atoms with Crippen LogP contribution in [0, 0.1) is 6.92 Å². The third-order valence-corrected chi connectivity index (χ3v) is 4.81. The summed E-state index contributed by atoms with van der Waals surface area (Å²) in [5, 5.41) is 3.53. The van der Waals surface area contributed by atoms with Gasteiger partial charge < -0.3 is 14.8 Å². The number of hydrogen-bond donors (Lipinski definition) is 1. The summed E-state index contributed by atoms with van der Waals surface area (Å²) in [6.45, 7) is 3.02. The first-order valence-electron chi connectivity index (χ1n) is 7.77. The van der Waals surface area contributed by atoms with E-state index in [0.29, 0.717) is 6.10 Å². The van der Waals surface area contributed by atoms with Crippen LogP contribution in [0.2, 0.25) is 0 Å². The second-order valence-corrected chi connectivity index (χ2v) is 6.23. The molecule has 1 aromatic carbocycles. The average Bonchev–Trinajstić information content (AvgIpc) is 3.08. The van der Waals surface area contributed by atoms with Gasteiger partial charge in [0.1, 0.15) is 5.75 Å². The smallest absolute Gasteiger partial charge is 0.119 e. The quantitative estimate of drug-likeness (QED) is 0.903. The molecular formula is C17H25NO2. The maximum atomic E-state index is 6.33. The van der Waals surface area contributed by atoms with Gasteiger partial charge in [0.25, 0.3) is 0 Å². The zero-order chi connectivity index (χ0) is 14.0. The SMILES string of the molecule is COc1ccc(NCC2CCC3(CCCC3)O2)c(C)c1. The molecule has 1 atom stereocenters. The first-order chi connectivity index (χ1) is 9.71. The van der Waals surface area contributed by atoms with E-state index in [-0.39, 0.29) is 5.60 Å². The molecule has 2 fully saturated rings. The number of nitrogens with one attached hydrogen (secondary N) is 1. The Kier molecular flexibility index (Phi) is 3.88. The molecule has 110 valence electrons. The molecule has 0 aromatic heterocycles. The molecule has 1 aliphatic carbocycles. The van der Waals surface area contributed by atoms with Crippen molar-refractivity contribution in [1.29, 1.82) is 0 Å². The summed E-state index contributed by atoms with van der Waals surface area (Å²) in [7, 11) is 1.70. The molecule has 1 N–H and O–H groups in total. The van der Waals surface area contributed by atoms with Crippen molar-refractivity contribution in [1.82, 2.24) is 0 Å². The van der Waals surface area contributed by atoms with Crippen molar-refractivity contribution in [3.63, 3.8) is 0 Å². The maximum Gasteiger partial charge on any atom is 0.119 e. The molecule has 3 heteroatoms. The van der Waals surface area contributed by atoms with Crippen molar-refractivity contribution in [3.05, 3.63) is 23.8 Å². The monoisotopic (exact) mass is 275 g/mol. The van der Waals surface area contributed by atoms with E-state index in [1.54, 1.807) is 7.11 Å². The lowest BCUT2D eigenvalue weighted by atomic mass is 9.98. The van der Waals surface area contributed by atoms with E-state index in [1.807, 2.05) is 6.07 Å². The summed E-state index contributed by atoms with van der Waals surface area (Å²) >= 11 is 0. The van der Waals surface area contributed by atoms with Crippen LogP contribution in [0.15, 0.2) is 18.2 Å². The number of aryl methyl sites for hydroxylation is 1. The largest absolute Gasteiger partial charge is 0.497 e. The molecule has 20 heavy (non-hydrogen) atoms. The normalized spacial score (nSPS) is 24.2. The van der Waals surface area contributed by atoms with Crippen molar-refractivity contribution in [2.75, 3.05) is 19.0 Å². The maximum absolute atomic E-state index is 6.33. The van der Waals surface area contributed by atoms with Crippen LogP contribution in [0.1, 0.15) is 44.1 Å². The van der Waals surface area contributed by atoms with Gasteiger partial charge in [0.2, 0.25) is 0 Å². The van der Waals surface area contributed by atoms with Crippen molar-refractivity contribution < 1.29 is 9.47 Å². The third kappa shape index (κ3) is 2.78. The highest BCUT2D eigenvalue weighted by Gasteiger charge is 2.41. The summed E-state index contributed by atoms with van der Waals surface area (Å²) in [6.07, 6.45) is 8.05. The molecule has 3 nitrogen and oxygen atoms in total. The summed E-state index contributed by atoms with van der Waals surface area (Å²) < 4.78 is 11.6. The number of ether oxygens (including phenoxy) is 2. The fourth-order valence-corrected chi connectivity index (χ4v) is 3.61. The highest BCUT2D eigenvalue weighted by molar-refractivity contribution is 5.53. The van der Waals surface area contributed by atoms with Crippen LogP contribution in [0.25, 0.3) is 0 Å². The Labute approximate surface area is 121 Å². The van der Waals surface area contributed by atoms with Crippen LogP contribution >= 0.6 is 0 Å². The molecule has 1 spiro atoms. The van der Waals surface area contributed by atoms with Crippen molar-refractivity contribution >= 4 is 5.69 Å². The van der Waals surface area contributed by atoms with Crippen LogP contribution < -0.4 is 10.1 Å². The first-order valence-corrected chi connectivity index (χ1v) is 7.77. The van der Waals surface area contributed by atoms with Gasteiger partial charge in [-0.2, -0.15) is 0 Å². The summed E-state index contributed by atoms with van der Waals surface area (Å²) in [6, 6.07) is 6.16. The number of rotatable bonds is 4. The van der Waals surface area contributed by atoms with Gasteiger partial charge in [-0.1, -0.05) is 12.8 Å². The lowest BCUT2D eigenvalue weighted by Gasteiger charge is -2.24. The first kappa shape index (κ1) is 13.7. The van der Waals surface area contributed by atoms with Crippen LogP contribution in [0.5, 0.6) is 5.75 Å². The number of methoxy groups -OCH3 is 1. The molecule has 3 rings (SSSR count). The standard InChI is InChI=1S/C17H25NO2/c1-13-11-14(19-2)5-6-16(13)18-12-15-7-10-17(20-15)8-3-4-9-17/h5-6,11,15,18H,3-4,7-10,12H2,1-2H3. The van der Waals surface area contributed by atoms with E-state index in [0.717, 1.165) is 12.3 Å². The molecule has 0 radical (unpaired) electrons. The van der Waals surface area contributed by atoms with Crippen LogP contribution in [-0.2, 0) is 4.74 Å². The van der Waals surface area contributed by atoms with Crippen LogP contribution in [0.3, 0.4) is 0 Å². The lowest BCUT2D eigenvalue weighted by molar-refractivity contribution is -0.0307. The lowest BCUT2D eigenvalue weighted by Crippen LogP contribution is -2.28. The Hall–Kier alpha value is -1.22. The number of benzene rings is 1. The summed E-state index contributed by atoms with van der Waals surface area (Å²) in [5.74, 6) is 0.912. The van der Waals surface area contributed by atoms with Gasteiger partial charge in [-0.25, -0.2) is 0 Å². The van der Waals surface area contributed by atoms with E-state index in [4.69, 9.17) is 9.47 Å². The third-order valence-electron chi connectivity index (χ3n) is 4.81. The van der Waals surface area contributed by atoms with Gasteiger partial charge in [-0.3, -0.25) is 0 Å². The molecule has 0 bridgehead atoms. The van der Waals surface area contributed by atoms with E-state index in [2.05, 4.69) is 24.4 Å². The minimum Gasteiger partial charge on any atom is -0.497 e. The van der Waals surface area contributed by atoms with Crippen LogP contribution in [-0.4, -0.2) is 25.4 Å². The van der Waals surface area contributed by atoms with Crippen molar-refractivity contribution in [2.45, 2.75) is 57.2 Å². The number of anilines is 1. The highest BCUT2D eigenvalue weighted by atomic mass is 16.5. The molecule has 1 aliphatic heterocycles. The van der Waals surface area contributed by atoms with E-state index in [1.165, 1.54) is 49.8 Å². The Morgan fingerprint density at radius 3 is 2.80 bits per heavy atom. The number of hydrogen-bond acceptors (Lipinski definition) is 3. The van der Waals surface area contributed by atoms with Gasteiger partial charge >= 0.3 is 0 Å². The van der Waals surface area contributed by atoms with E-state index < -0.39 is 0 Å². The second-order valence-electron chi connectivity index (χ2n) is 6.23. The van der Waals surface area contributed by atoms with Gasteiger partial charge in [-0.15, -0.1) is 0 Å². The summed E-state index contributed by atoms with van der Waals surface area (Å²) in [5.41, 5.74) is 2.64. The molecule has 1 aromatic rings. The van der Waals surface area contributed by atoms with Gasteiger partial charge in [0, 0.05) is 12.2 Å². The fraction of sp³-hybridized carbons (Fsp3) is 0.647. The van der Waals surface area contributed by atoms with Gasteiger partial charge in [-0.05, 0) is 56.4 Å². The minimum atomic E-state index is 0.237. The minimum absolute atomic E-state index is 0.237. The topological polar surface area (TPSA) is 30.5 Å². The second kappa shape index (κ2) is 5.65. The van der Waals surface area contributed by atoms with Gasteiger partial charge in [0.15, 0.2) is 0 Å². The Bertz CT molecular complexity index is 466. The molecule has 1 saturated carbocycles. The Morgan fingerprint density at radius 2 is 2.10 bits per heavy atom. The molecular weight excluding hydrogens is 250 g/mol. The van der Waals surface area contributed by atoms with Crippen molar-refractivity contribution in [2.24, 2.45) is 0 Å². The summed E-state index contributed by atoms with van der Waals surface area (Å²) in [4.78, 5) is 0. The fourth-order valence-electron chi connectivity index (χ4n) is 3.61. The van der Waals surface area contributed by atoms with Crippen molar-refractivity contribution in [3.8, 4) is 5.75 Å². The predicted octanol–water partition coefficient (Wildman–Crippen LogP) is 3.91. The Morgan fingerprint density at radius 1 is 1.30 bits per heavy atom. The predicted molar refractivity (Wildman–Crippen MR) is 81.5 cm³/mol. The molecule has 1 saturated heterocycles. The zero-order valence-electron chi connectivity index (χ0n) is 12.6. The average molecular weight is 275 g/mol.